The van der Waals surface area contributed by atoms with Gasteiger partial charge < -0.3 is 25.5 Å². The number of benzene rings is 2. The van der Waals surface area contributed by atoms with Gasteiger partial charge in [-0.2, -0.15) is 10.4 Å². The van der Waals surface area contributed by atoms with Crippen LogP contribution in [-0.4, -0.2) is 80.0 Å². The lowest BCUT2D eigenvalue weighted by Gasteiger charge is -2.20. The van der Waals surface area contributed by atoms with E-state index in [1.54, 1.807) is 29.4 Å². The van der Waals surface area contributed by atoms with Crippen LogP contribution >= 0.6 is 23.2 Å². The van der Waals surface area contributed by atoms with Crippen LogP contribution in [0.2, 0.25) is 10.0 Å². The minimum Gasteiger partial charge on any atom is -0.480 e. The van der Waals surface area contributed by atoms with Crippen molar-refractivity contribution in [2.24, 2.45) is 4.99 Å². The van der Waals surface area contributed by atoms with E-state index < -0.39 is 30.1 Å². The van der Waals surface area contributed by atoms with Crippen molar-refractivity contribution < 1.29 is 24.9 Å². The first-order valence-corrected chi connectivity index (χ1v) is 13.2. The summed E-state index contributed by atoms with van der Waals surface area (Å²) in [6.07, 6.45) is 3.36. The van der Waals surface area contributed by atoms with E-state index in [4.69, 9.17) is 28.5 Å². The summed E-state index contributed by atoms with van der Waals surface area (Å²) in [5, 5.41) is 51.6. The number of H-pyrrole nitrogens is 1. The number of nitriles is 1. The van der Waals surface area contributed by atoms with Gasteiger partial charge in [0.25, 0.3) is 5.91 Å². The molecule has 1 fully saturated rings. The second kappa shape index (κ2) is 13.0. The Morgan fingerprint density at radius 3 is 2.67 bits per heavy atom. The highest BCUT2D eigenvalue weighted by Gasteiger charge is 2.26. The van der Waals surface area contributed by atoms with Crippen LogP contribution in [-0.2, 0) is 11.2 Å². The zero-order chi connectivity index (χ0) is 28.8. The molecule has 1 unspecified atom stereocenters. The topological polar surface area (TPSA) is 187 Å². The number of carbonyl (C=O) groups excluding carboxylic acids is 1. The normalized spacial score (nSPS) is 16.9. The van der Waals surface area contributed by atoms with Crippen LogP contribution in [0.3, 0.4) is 0 Å². The van der Waals surface area contributed by atoms with Gasteiger partial charge in [-0.15, -0.1) is 0 Å². The molecule has 1 aliphatic heterocycles. The number of nitrogens with zero attached hydrogens (tertiary/aromatic N) is 4. The standard InChI is InChI=1S/C26H27Cl2N7O5/c27-18-7-14(1-4-22(37)15-2-3-16-10-32-34-20(16)9-15)8-19(28)23(18)24(38)33-21(25(39)40)11-30-26(31-13-29)35-6-5-17(36)12-35/h2-3,7-10,17,21-22,36-37H,1,4-6,11-12H2,(H,30,31)(H,32,34)(H,33,38)(H,39,40)/t17-,21-,22?/m0/s1. The van der Waals surface area contributed by atoms with E-state index in [2.05, 4.69) is 25.8 Å². The Balaban J connectivity index is 1.41. The number of aliphatic hydroxyl groups excluding tert-OH is 2. The third kappa shape index (κ3) is 7.00. The van der Waals surface area contributed by atoms with Gasteiger partial charge in [-0.3, -0.25) is 15.2 Å². The van der Waals surface area contributed by atoms with Gasteiger partial charge in [-0.05, 0) is 48.6 Å². The monoisotopic (exact) mass is 587 g/mol. The zero-order valence-electron chi connectivity index (χ0n) is 21.1. The number of hydrogen-bond acceptors (Lipinski definition) is 7. The quantitative estimate of drug-likeness (QED) is 0.0943. The molecule has 0 bridgehead atoms. The lowest BCUT2D eigenvalue weighted by atomic mass is 9.99. The Kier molecular flexibility index (Phi) is 9.44. The van der Waals surface area contributed by atoms with E-state index in [1.807, 2.05) is 18.2 Å². The van der Waals surface area contributed by atoms with E-state index in [9.17, 15) is 24.9 Å². The number of aliphatic carboxylic acids is 1. The van der Waals surface area contributed by atoms with Crippen LogP contribution < -0.4 is 10.6 Å². The molecule has 4 rings (SSSR count). The van der Waals surface area contributed by atoms with Crippen molar-refractivity contribution >= 4 is 51.9 Å². The van der Waals surface area contributed by atoms with Crippen molar-refractivity contribution in [3.05, 3.63) is 63.3 Å². The third-order valence-electron chi connectivity index (χ3n) is 6.54. The average molecular weight is 588 g/mol. The molecule has 1 amide bonds. The summed E-state index contributed by atoms with van der Waals surface area (Å²) in [4.78, 5) is 30.6. The number of carboxylic acids is 1. The summed E-state index contributed by atoms with van der Waals surface area (Å²) in [5.74, 6) is -2.05. The lowest BCUT2D eigenvalue weighted by Crippen LogP contribution is -2.45. The number of amides is 1. The fourth-order valence-electron chi connectivity index (χ4n) is 4.42. The predicted octanol–water partition coefficient (Wildman–Crippen LogP) is 2.21. The molecule has 1 aliphatic rings. The van der Waals surface area contributed by atoms with Crippen LogP contribution in [0.5, 0.6) is 0 Å². The molecule has 12 nitrogen and oxygen atoms in total. The summed E-state index contributed by atoms with van der Waals surface area (Å²) in [5.41, 5.74) is 2.13. The molecule has 0 radical (unpaired) electrons. The molecule has 2 heterocycles. The molecule has 6 N–H and O–H groups in total. The van der Waals surface area contributed by atoms with Crippen LogP contribution in [0.4, 0.5) is 0 Å². The van der Waals surface area contributed by atoms with Crippen LogP contribution in [0.15, 0.2) is 41.5 Å². The van der Waals surface area contributed by atoms with E-state index in [0.717, 1.165) is 16.5 Å². The number of guanidine groups is 1. The van der Waals surface area contributed by atoms with Crippen molar-refractivity contribution in [2.45, 2.75) is 37.5 Å². The molecule has 210 valence electrons. The summed E-state index contributed by atoms with van der Waals surface area (Å²) in [6, 6.07) is 7.18. The van der Waals surface area contributed by atoms with Gasteiger partial charge in [0.2, 0.25) is 5.96 Å². The predicted molar refractivity (Wildman–Crippen MR) is 148 cm³/mol. The molecule has 1 saturated heterocycles. The zero-order valence-corrected chi connectivity index (χ0v) is 22.7. The smallest absolute Gasteiger partial charge is 0.328 e. The highest BCUT2D eigenvalue weighted by Crippen LogP contribution is 2.29. The number of likely N-dealkylation sites (tertiary alicyclic amines) is 1. The number of aliphatic imine (C=N–C) groups is 1. The number of aromatic nitrogens is 2. The number of rotatable bonds is 9. The Morgan fingerprint density at radius 1 is 1.27 bits per heavy atom. The Hall–Kier alpha value is -3.89. The molecular weight excluding hydrogens is 561 g/mol. The Bertz CT molecular complexity index is 1450. The molecule has 0 aliphatic carbocycles. The second-order valence-corrected chi connectivity index (χ2v) is 10.2. The molecule has 14 heteroatoms. The van der Waals surface area contributed by atoms with Crippen LogP contribution in [0, 0.1) is 11.5 Å². The number of aryl methyl sites for hydroxylation is 1. The minimum absolute atomic E-state index is 0.0268. The van der Waals surface area contributed by atoms with Crippen molar-refractivity contribution in [3.8, 4) is 6.19 Å². The minimum atomic E-state index is -1.44. The summed E-state index contributed by atoms with van der Waals surface area (Å²) >= 11 is 12.8. The van der Waals surface area contributed by atoms with E-state index in [-0.39, 0.29) is 34.7 Å². The number of halogens is 2. The number of aliphatic hydroxyl groups is 2. The van der Waals surface area contributed by atoms with Crippen LogP contribution in [0.1, 0.15) is 40.4 Å². The molecule has 0 spiro atoms. The van der Waals surface area contributed by atoms with Crippen molar-refractivity contribution in [1.29, 1.82) is 5.26 Å². The molecule has 0 saturated carbocycles. The fraction of sp³-hybridized carbons (Fsp3) is 0.346. The lowest BCUT2D eigenvalue weighted by molar-refractivity contribution is -0.138. The maximum atomic E-state index is 13.0. The molecule has 3 atom stereocenters. The summed E-state index contributed by atoms with van der Waals surface area (Å²) < 4.78 is 0. The maximum absolute atomic E-state index is 13.0. The average Bonchev–Trinajstić information content (AvgIpc) is 3.56. The van der Waals surface area contributed by atoms with Gasteiger partial charge in [0.15, 0.2) is 6.19 Å². The van der Waals surface area contributed by atoms with Gasteiger partial charge in [0, 0.05) is 18.5 Å². The van der Waals surface area contributed by atoms with Gasteiger partial charge in [0.1, 0.15) is 6.04 Å². The number of carbonyl (C=O) groups is 2. The number of aromatic amines is 1. The molecular formula is C26H27Cl2N7O5. The summed E-state index contributed by atoms with van der Waals surface area (Å²) in [6.45, 7) is 0.297. The van der Waals surface area contributed by atoms with Gasteiger partial charge in [-0.1, -0.05) is 35.3 Å². The van der Waals surface area contributed by atoms with Crippen molar-refractivity contribution in [2.75, 3.05) is 19.6 Å². The van der Waals surface area contributed by atoms with Crippen LogP contribution in [0.25, 0.3) is 10.9 Å². The van der Waals surface area contributed by atoms with E-state index >= 15 is 0 Å². The van der Waals surface area contributed by atoms with Gasteiger partial charge in [-0.25, -0.2) is 9.79 Å². The highest BCUT2D eigenvalue weighted by molar-refractivity contribution is 6.39. The van der Waals surface area contributed by atoms with E-state index in [0.29, 0.717) is 31.4 Å². The first kappa shape index (κ1) is 29.1. The largest absolute Gasteiger partial charge is 0.480 e. The number of nitrogens with one attached hydrogen (secondary N) is 3. The molecule has 1 aromatic heterocycles. The van der Waals surface area contributed by atoms with Crippen molar-refractivity contribution in [3.63, 3.8) is 0 Å². The SMILES string of the molecule is N#CNC(=NC[C@H](NC(=O)c1c(Cl)cc(CCC(O)c2ccc3cn[nH]c3c2)cc1Cl)C(=O)O)N1CC[C@H](O)C1. The first-order valence-electron chi connectivity index (χ1n) is 12.4. The number of β-amino-alcohol motifs (C(OH)–C–C–N with tert-alkyl or cyclic N) is 1. The molecule has 3 aromatic rings. The second-order valence-electron chi connectivity index (χ2n) is 9.36. The van der Waals surface area contributed by atoms with Crippen molar-refractivity contribution in [1.82, 2.24) is 25.7 Å². The summed E-state index contributed by atoms with van der Waals surface area (Å²) in [7, 11) is 0. The fourth-order valence-corrected chi connectivity index (χ4v) is 5.12. The van der Waals surface area contributed by atoms with Gasteiger partial charge >= 0.3 is 5.97 Å². The number of carboxylic acid groups (broad SMARTS) is 1. The third-order valence-corrected chi connectivity index (χ3v) is 7.14. The Labute approximate surface area is 239 Å². The highest BCUT2D eigenvalue weighted by atomic mass is 35.5. The Morgan fingerprint density at radius 2 is 2.02 bits per heavy atom. The number of hydrogen-bond donors (Lipinski definition) is 6. The maximum Gasteiger partial charge on any atom is 0.328 e. The van der Waals surface area contributed by atoms with Gasteiger partial charge in [0.05, 0.1) is 46.1 Å². The van der Waals surface area contributed by atoms with E-state index in [1.165, 1.54) is 0 Å². The first-order chi connectivity index (χ1) is 19.2. The number of fused-ring (bicyclic) bond motifs is 1. The molecule has 40 heavy (non-hydrogen) atoms. The molecule has 2 aromatic carbocycles.